The lowest BCUT2D eigenvalue weighted by Gasteiger charge is -2.31. The average molecular weight is 575 g/mol. The van der Waals surface area contributed by atoms with Gasteiger partial charge in [-0.15, -0.1) is 0 Å². The number of nitrogens with one attached hydrogen (secondary N) is 1. The van der Waals surface area contributed by atoms with Gasteiger partial charge in [0.1, 0.15) is 30.8 Å². The van der Waals surface area contributed by atoms with Gasteiger partial charge in [0.05, 0.1) is 27.0 Å². The molecule has 1 aromatic heterocycles. The predicted molar refractivity (Wildman–Crippen MR) is 151 cm³/mol. The highest BCUT2D eigenvalue weighted by atomic mass is 19.1. The van der Waals surface area contributed by atoms with Gasteiger partial charge in [-0.2, -0.15) is 0 Å². The van der Waals surface area contributed by atoms with Gasteiger partial charge in [-0.3, -0.25) is 9.59 Å². The summed E-state index contributed by atoms with van der Waals surface area (Å²) in [7, 11) is 3.12. The monoisotopic (exact) mass is 574 g/mol. The van der Waals surface area contributed by atoms with E-state index in [2.05, 4.69) is 5.32 Å². The van der Waals surface area contributed by atoms with Crippen molar-refractivity contribution in [1.29, 1.82) is 0 Å². The number of carbonyl (C=O) groups is 2. The van der Waals surface area contributed by atoms with Gasteiger partial charge < -0.3 is 33.6 Å². The molecule has 2 amide bonds. The van der Waals surface area contributed by atoms with E-state index in [9.17, 15) is 14.0 Å². The normalized spacial score (nSPS) is 12.7. The molecular formula is C32H31FN2O7. The van der Waals surface area contributed by atoms with E-state index in [0.29, 0.717) is 59.5 Å². The largest absolute Gasteiger partial charge is 0.493 e. The third-order valence-corrected chi connectivity index (χ3v) is 6.86. The minimum atomic E-state index is -1.10. The number of rotatable bonds is 11. The SMILES string of the molecule is COc1ccc(CCNC(=O)C(c2ccc(F)cc2)N(Cc2ccco2)C(=O)c2ccc3c(c2)OCCO3)cc1OC. The smallest absolute Gasteiger partial charge is 0.255 e. The van der Waals surface area contributed by atoms with Gasteiger partial charge in [-0.1, -0.05) is 18.2 Å². The molecule has 0 radical (unpaired) electrons. The van der Waals surface area contributed by atoms with E-state index in [-0.39, 0.29) is 13.1 Å². The molecule has 0 spiro atoms. The molecule has 10 heteroatoms. The number of ether oxygens (including phenoxy) is 4. The number of methoxy groups -OCH3 is 2. The van der Waals surface area contributed by atoms with Crippen molar-refractivity contribution in [2.24, 2.45) is 0 Å². The summed E-state index contributed by atoms with van der Waals surface area (Å²) in [5, 5.41) is 2.95. The molecule has 0 bridgehead atoms. The first kappa shape index (κ1) is 28.5. The van der Waals surface area contributed by atoms with Gasteiger partial charge in [0.15, 0.2) is 23.0 Å². The third-order valence-electron chi connectivity index (χ3n) is 6.86. The van der Waals surface area contributed by atoms with E-state index in [0.717, 1.165) is 5.56 Å². The van der Waals surface area contributed by atoms with Crippen LogP contribution in [0, 0.1) is 5.82 Å². The van der Waals surface area contributed by atoms with E-state index in [1.54, 1.807) is 50.6 Å². The Labute approximate surface area is 242 Å². The quantitative estimate of drug-likeness (QED) is 0.271. The van der Waals surface area contributed by atoms with Crippen molar-refractivity contribution in [1.82, 2.24) is 10.2 Å². The predicted octanol–water partition coefficient (Wildman–Crippen LogP) is 4.95. The Hall–Kier alpha value is -4.99. The molecule has 1 aliphatic heterocycles. The Bertz CT molecular complexity index is 1520. The number of hydrogen-bond acceptors (Lipinski definition) is 7. The lowest BCUT2D eigenvalue weighted by Crippen LogP contribution is -2.44. The summed E-state index contributed by atoms with van der Waals surface area (Å²) < 4.78 is 41.4. The zero-order valence-electron chi connectivity index (χ0n) is 23.3. The lowest BCUT2D eigenvalue weighted by atomic mass is 10.0. The van der Waals surface area contributed by atoms with Crippen LogP contribution >= 0.6 is 0 Å². The highest BCUT2D eigenvalue weighted by Gasteiger charge is 2.33. The maximum absolute atomic E-state index is 14.1. The molecule has 5 rings (SSSR count). The Kier molecular flexibility index (Phi) is 8.91. The summed E-state index contributed by atoms with van der Waals surface area (Å²) >= 11 is 0. The van der Waals surface area contributed by atoms with Crippen molar-refractivity contribution >= 4 is 11.8 Å². The van der Waals surface area contributed by atoms with E-state index in [1.807, 2.05) is 12.1 Å². The number of nitrogens with zero attached hydrogens (tertiary/aromatic N) is 1. The molecule has 1 aliphatic rings. The van der Waals surface area contributed by atoms with Crippen LogP contribution in [0.1, 0.15) is 33.3 Å². The summed E-state index contributed by atoms with van der Waals surface area (Å²) in [5.74, 6) is 1.33. The molecule has 1 unspecified atom stereocenters. The number of furan rings is 1. The molecule has 4 aromatic rings. The number of fused-ring (bicyclic) bond motifs is 1. The summed E-state index contributed by atoms with van der Waals surface area (Å²) in [6.07, 6.45) is 1.99. The van der Waals surface area contributed by atoms with E-state index >= 15 is 0 Å². The van der Waals surface area contributed by atoms with Gasteiger partial charge in [0.25, 0.3) is 5.91 Å². The van der Waals surface area contributed by atoms with Crippen LogP contribution in [-0.2, 0) is 17.8 Å². The maximum Gasteiger partial charge on any atom is 0.255 e. The maximum atomic E-state index is 14.1. The molecule has 42 heavy (non-hydrogen) atoms. The van der Waals surface area contributed by atoms with Crippen molar-refractivity contribution in [3.63, 3.8) is 0 Å². The second-order valence-corrected chi connectivity index (χ2v) is 9.56. The fourth-order valence-corrected chi connectivity index (χ4v) is 4.77. The van der Waals surface area contributed by atoms with Crippen LogP contribution in [0.2, 0.25) is 0 Å². The van der Waals surface area contributed by atoms with Crippen LogP contribution in [0.5, 0.6) is 23.0 Å². The molecule has 1 N–H and O–H groups in total. The fourth-order valence-electron chi connectivity index (χ4n) is 4.77. The topological polar surface area (TPSA) is 99.5 Å². The van der Waals surface area contributed by atoms with E-state index in [1.165, 1.54) is 35.4 Å². The Morgan fingerprint density at radius 1 is 0.929 bits per heavy atom. The lowest BCUT2D eigenvalue weighted by molar-refractivity contribution is -0.126. The number of benzene rings is 3. The highest BCUT2D eigenvalue weighted by Crippen LogP contribution is 2.33. The molecule has 3 aromatic carbocycles. The number of hydrogen-bond donors (Lipinski definition) is 1. The van der Waals surface area contributed by atoms with Crippen LogP contribution in [0.15, 0.2) is 83.5 Å². The molecule has 0 fully saturated rings. The van der Waals surface area contributed by atoms with Gasteiger partial charge in [0, 0.05) is 12.1 Å². The van der Waals surface area contributed by atoms with Crippen LogP contribution in [0.4, 0.5) is 4.39 Å². The van der Waals surface area contributed by atoms with Crippen molar-refractivity contribution in [2.45, 2.75) is 19.0 Å². The summed E-state index contributed by atoms with van der Waals surface area (Å²) in [5.41, 5.74) is 1.67. The minimum Gasteiger partial charge on any atom is -0.493 e. The van der Waals surface area contributed by atoms with Crippen LogP contribution in [-0.4, -0.2) is 50.7 Å². The Morgan fingerprint density at radius 3 is 2.40 bits per heavy atom. The zero-order chi connectivity index (χ0) is 29.5. The van der Waals surface area contributed by atoms with Crippen molar-refractivity contribution in [3.05, 3.63) is 107 Å². The number of amides is 2. The van der Waals surface area contributed by atoms with Gasteiger partial charge >= 0.3 is 0 Å². The van der Waals surface area contributed by atoms with Gasteiger partial charge in [-0.25, -0.2) is 4.39 Å². The second kappa shape index (κ2) is 13.1. The Balaban J connectivity index is 1.44. The molecule has 0 saturated heterocycles. The summed E-state index contributed by atoms with van der Waals surface area (Å²) in [6, 6.07) is 18.3. The van der Waals surface area contributed by atoms with Gasteiger partial charge in [0.2, 0.25) is 5.91 Å². The first-order valence-electron chi connectivity index (χ1n) is 13.4. The van der Waals surface area contributed by atoms with E-state index in [4.69, 9.17) is 23.4 Å². The van der Waals surface area contributed by atoms with Crippen LogP contribution in [0.25, 0.3) is 0 Å². The van der Waals surface area contributed by atoms with Crippen molar-refractivity contribution in [2.75, 3.05) is 34.0 Å². The molecule has 0 aliphatic carbocycles. The molecule has 1 atom stereocenters. The zero-order valence-corrected chi connectivity index (χ0v) is 23.3. The third kappa shape index (κ3) is 6.49. The van der Waals surface area contributed by atoms with Crippen LogP contribution in [0.3, 0.4) is 0 Å². The first-order chi connectivity index (χ1) is 20.5. The second-order valence-electron chi connectivity index (χ2n) is 9.56. The van der Waals surface area contributed by atoms with E-state index < -0.39 is 23.7 Å². The van der Waals surface area contributed by atoms with Crippen molar-refractivity contribution < 1.29 is 37.3 Å². The number of carbonyl (C=O) groups excluding carboxylic acids is 2. The highest BCUT2D eigenvalue weighted by molar-refractivity contribution is 5.98. The van der Waals surface area contributed by atoms with Crippen molar-refractivity contribution in [3.8, 4) is 23.0 Å². The standard InChI is InChI=1S/C32H31FN2O7/c1-38-26-11-5-21(18-28(26)39-2)13-14-34-31(36)30(22-6-9-24(33)10-7-22)35(20-25-4-3-15-40-25)32(37)23-8-12-27-29(19-23)42-17-16-41-27/h3-12,15,18-19,30H,13-14,16-17,20H2,1-2H3,(H,34,36). The molecule has 2 heterocycles. The first-order valence-corrected chi connectivity index (χ1v) is 13.4. The molecule has 9 nitrogen and oxygen atoms in total. The average Bonchev–Trinajstić information content (AvgIpc) is 3.54. The van der Waals surface area contributed by atoms with Gasteiger partial charge in [-0.05, 0) is 72.1 Å². The molecule has 0 saturated carbocycles. The Morgan fingerprint density at radius 2 is 1.69 bits per heavy atom. The number of halogens is 1. The van der Waals surface area contributed by atoms with Crippen LogP contribution < -0.4 is 24.3 Å². The summed E-state index contributed by atoms with van der Waals surface area (Å²) in [4.78, 5) is 29.3. The summed E-state index contributed by atoms with van der Waals surface area (Å²) in [6.45, 7) is 1.05. The fraction of sp³-hybridized carbons (Fsp3) is 0.250. The minimum absolute atomic E-state index is 0.00851. The molecular weight excluding hydrogens is 543 g/mol. The molecule has 218 valence electrons.